The van der Waals surface area contributed by atoms with Gasteiger partial charge in [0.2, 0.25) is 0 Å². The molecule has 0 spiro atoms. The van der Waals surface area contributed by atoms with Crippen LogP contribution in [0.2, 0.25) is 0 Å². The first-order valence-electron chi connectivity index (χ1n) is 25.2. The highest BCUT2D eigenvalue weighted by molar-refractivity contribution is 5.56. The summed E-state index contributed by atoms with van der Waals surface area (Å²) in [6, 6.07) is 0. The predicted octanol–water partition coefficient (Wildman–Crippen LogP) is 0.333. The van der Waals surface area contributed by atoms with Crippen LogP contribution in [0.1, 0.15) is 0 Å². The van der Waals surface area contributed by atoms with E-state index in [9.17, 15) is 0 Å². The Morgan fingerprint density at radius 1 is 0.0490 bits per heavy atom. The van der Waals surface area contributed by atoms with Crippen molar-refractivity contribution in [1.29, 1.82) is 0 Å². The van der Waals surface area contributed by atoms with Gasteiger partial charge in [-0.15, -0.1) is 0 Å². The lowest BCUT2D eigenvalue weighted by atomic mass is 10.4. The second-order valence-electron chi connectivity index (χ2n) is 12.5. The summed E-state index contributed by atoms with van der Waals surface area (Å²) in [4.78, 5) is 0. The zero-order chi connectivity index (χ0) is 72.7. The molecular weight excluding hydrogens is 1230 g/mol. The Morgan fingerprint density at radius 3 is 0.108 bits per heavy atom. The van der Waals surface area contributed by atoms with E-state index in [0.29, 0.717) is 0 Å². The third-order valence-corrected chi connectivity index (χ3v) is 6.19. The van der Waals surface area contributed by atoms with Crippen molar-refractivity contribution < 1.29 is 0 Å². The van der Waals surface area contributed by atoms with Crippen LogP contribution in [0.25, 0.3) is 0 Å². The molecule has 0 aliphatic carbocycles. The molecule has 0 saturated heterocycles. The molecule has 408 valence electrons. The fourth-order valence-corrected chi connectivity index (χ4v) is 3.06. The molecule has 102 heavy (non-hydrogen) atoms. The molecule has 0 saturated carbocycles. The first-order valence-corrected chi connectivity index (χ1v) is 25.2. The summed E-state index contributed by atoms with van der Waals surface area (Å²) >= 11 is 0. The summed E-state index contributed by atoms with van der Waals surface area (Å²) in [6.07, 6.45) is 13.2. The zero-order valence-corrected chi connectivity index (χ0v) is 51.0. The first kappa shape index (κ1) is 79.6. The molecule has 0 aromatic rings. The molecule has 0 aliphatic heterocycles. The van der Waals surface area contributed by atoms with Gasteiger partial charge in [-0.2, -0.15) is 0 Å². The second kappa shape index (κ2) is 78.6. The summed E-state index contributed by atoms with van der Waals surface area (Å²) in [7, 11) is 0. The average Bonchev–Trinajstić information content (AvgIpc) is 3.74. The smallest absolute Gasteiger partial charge is 0 e. The molecule has 0 aliphatic rings. The fraction of sp³-hybridized carbons (Fsp3) is 0. The van der Waals surface area contributed by atoms with Gasteiger partial charge < -0.3 is 0 Å². The quantitative estimate of drug-likeness (QED) is 0.308. The van der Waals surface area contributed by atoms with E-state index in [1.165, 1.54) is 0 Å². The largest absolute Gasteiger partial charge is 0 e. The minimum absolute atomic E-state index is 1.87. The van der Waals surface area contributed by atoms with Crippen LogP contribution in [0.15, 0.2) is 0 Å². The molecule has 0 fully saturated rings. The molecule has 0 heteroatoms. The van der Waals surface area contributed by atoms with Gasteiger partial charge in [0.05, 0.1) is 0 Å². The van der Waals surface area contributed by atoms with Crippen LogP contribution in [0, 0.1) is 605 Å². The van der Waals surface area contributed by atoms with Crippen molar-refractivity contribution in [2.75, 3.05) is 0 Å². The lowest BCUT2D eigenvalue weighted by Gasteiger charge is -1.58. The molecule has 0 unspecified atom stereocenters. The van der Waals surface area contributed by atoms with Crippen molar-refractivity contribution in [2.24, 2.45) is 0 Å². The maximum absolute atomic E-state index is 6.59. The molecule has 0 aromatic carbocycles. The van der Waals surface area contributed by atoms with Gasteiger partial charge in [-0.05, 0) is 0 Å². The van der Waals surface area contributed by atoms with Crippen LogP contribution in [0.5, 0.6) is 0 Å². The van der Waals surface area contributed by atoms with E-state index in [2.05, 4.69) is 580 Å². The standard InChI is InChI=1S/C102/c1-3-5-7-9-11-13-15-17-19-21-23-25-27-29-31-33-35-37-39-41-43-45-47-49-51-53-55-57-59-61-63-65-67-69-71-73-75-77-79-81-83-85-87-89-91-93-95-97-99-101-102-100-98-96-94-92-90-88-86-84-82-80-78-76-74-72-70-68-66-64-62-60-58-56-54-52-50-48-46-44-42-40-38-36-34-32-30-28-26-24-22-20-18-16-14-12-10-8-6-4-2. The number of hydrogen-bond acceptors (Lipinski definition) is 0. The summed E-state index contributed by atoms with van der Waals surface area (Å²) in [5, 5.41) is 0. The van der Waals surface area contributed by atoms with Crippen LogP contribution in [-0.2, 0) is 0 Å². The van der Waals surface area contributed by atoms with E-state index in [1.807, 2.05) is 11.8 Å². The molecule has 0 bridgehead atoms. The molecule has 0 N–H and O–H groups in total. The predicted molar refractivity (Wildman–Crippen MR) is 395 cm³/mol. The lowest BCUT2D eigenvalue weighted by molar-refractivity contribution is 2.31. The van der Waals surface area contributed by atoms with Gasteiger partial charge >= 0.3 is 0 Å². The van der Waals surface area contributed by atoms with Crippen molar-refractivity contribution >= 4 is 0 Å². The number of hydrogen-bond donors (Lipinski definition) is 0. The van der Waals surface area contributed by atoms with Gasteiger partial charge in [0.15, 0.2) is 0 Å². The first-order chi connectivity index (χ1) is 50.9. The summed E-state index contributed by atoms with van der Waals surface area (Å²) in [6.45, 7) is 0. The topological polar surface area (TPSA) is 0 Å². The summed E-state index contributed by atoms with van der Waals surface area (Å²) < 4.78 is 0. The van der Waals surface area contributed by atoms with Crippen LogP contribution < -0.4 is 0 Å². The fourth-order valence-electron chi connectivity index (χ4n) is 3.06. The molecule has 0 nitrogen and oxygen atoms in total. The van der Waals surface area contributed by atoms with Crippen LogP contribution in [0.4, 0.5) is 0 Å². The van der Waals surface area contributed by atoms with E-state index in [-0.39, 0.29) is 0 Å². The Balaban J connectivity index is 4.64. The van der Waals surface area contributed by atoms with E-state index in [1.54, 1.807) is 0 Å². The molecule has 0 atom stereocenters. The Kier molecular flexibility index (Phi) is 61.3. The zero-order valence-electron chi connectivity index (χ0n) is 51.0. The highest BCUT2D eigenvalue weighted by atomic mass is 13.7. The molecule has 2 radical (unpaired) electrons. The van der Waals surface area contributed by atoms with Gasteiger partial charge in [0.1, 0.15) is 0 Å². The second-order valence-corrected chi connectivity index (χ2v) is 12.5. The Bertz CT molecular complexity index is 6830. The molecular formula is C102. The Morgan fingerprint density at radius 2 is 0.0784 bits per heavy atom. The van der Waals surface area contributed by atoms with E-state index in [4.69, 9.17) is 12.8 Å². The van der Waals surface area contributed by atoms with E-state index < -0.39 is 0 Å². The van der Waals surface area contributed by atoms with Gasteiger partial charge in [0, 0.05) is 605 Å². The highest BCUT2D eigenvalue weighted by Gasteiger charge is 1.67. The minimum Gasteiger partial charge on any atom is 0 e. The SMILES string of the molecule is [C]#CC#CC#CC#CC#CC#CC#CC#CC#CC#CC#CC#CC#CC#CC#CC#CC#CC#CC#CC#CC#CC#CC#CC#CC#CC#CC#CC#CC#CC#CC#CC#CC#CC#CC#CC#CC#CC#CC#CC#CC#CC#CC#CC#CC#CC#CC#CC#CC#CC#CC#[C]. The van der Waals surface area contributed by atoms with Crippen molar-refractivity contribution in [3.05, 3.63) is 12.8 Å². The summed E-state index contributed by atoms with van der Waals surface area (Å²) in [5.41, 5.74) is 0. The van der Waals surface area contributed by atoms with E-state index in [0.717, 1.165) is 0 Å². The molecule has 0 heterocycles. The average molecular weight is 1230 g/mol. The Labute approximate surface area is 601 Å². The van der Waals surface area contributed by atoms with Gasteiger partial charge in [-0.25, -0.2) is 0 Å². The van der Waals surface area contributed by atoms with Gasteiger partial charge in [-0.1, -0.05) is 0 Å². The van der Waals surface area contributed by atoms with Crippen molar-refractivity contribution in [3.8, 4) is 592 Å². The molecule has 0 rings (SSSR count). The van der Waals surface area contributed by atoms with Gasteiger partial charge in [0.25, 0.3) is 0 Å². The number of rotatable bonds is 0. The normalized spacial score (nSPS) is 3.94. The molecule has 0 aromatic heterocycles. The highest BCUT2D eigenvalue weighted by Crippen LogP contribution is 1.67. The van der Waals surface area contributed by atoms with Gasteiger partial charge in [-0.3, -0.25) is 0 Å². The van der Waals surface area contributed by atoms with Crippen LogP contribution in [-0.4, -0.2) is 0 Å². The van der Waals surface area contributed by atoms with Crippen LogP contribution >= 0.6 is 0 Å². The van der Waals surface area contributed by atoms with E-state index >= 15 is 0 Å². The minimum atomic E-state index is 1.87. The lowest BCUT2D eigenvalue weighted by Crippen LogP contribution is -1.57. The van der Waals surface area contributed by atoms with Crippen LogP contribution in [0.3, 0.4) is 0 Å². The third kappa shape index (κ3) is 77.6. The maximum Gasteiger partial charge on any atom is 0 e. The monoisotopic (exact) mass is 1220 g/mol. The third-order valence-electron chi connectivity index (χ3n) is 6.19. The van der Waals surface area contributed by atoms with Crippen molar-refractivity contribution in [3.63, 3.8) is 0 Å². The molecule has 0 amide bonds. The van der Waals surface area contributed by atoms with Crippen molar-refractivity contribution in [1.82, 2.24) is 0 Å². The maximum atomic E-state index is 6.59. The summed E-state index contributed by atoms with van der Waals surface area (Å²) in [5.74, 6) is 247. The van der Waals surface area contributed by atoms with Crippen molar-refractivity contribution in [2.45, 2.75) is 0 Å². The Hall–Kier alpha value is -22.4.